The molecule has 9 heteroatoms. The molecular weight excluding hydrogens is 353 g/mol. The maximum Gasteiger partial charge on any atom is 0.323 e. The van der Waals surface area contributed by atoms with Gasteiger partial charge in [-0.25, -0.2) is 9.18 Å². The van der Waals surface area contributed by atoms with Gasteiger partial charge in [0.15, 0.2) is 5.82 Å². The lowest BCUT2D eigenvalue weighted by molar-refractivity contribution is 0.184. The van der Waals surface area contributed by atoms with Crippen molar-refractivity contribution < 1.29 is 18.2 Å². The fourth-order valence-corrected chi connectivity index (χ4v) is 3.09. The third-order valence-corrected chi connectivity index (χ3v) is 4.46. The van der Waals surface area contributed by atoms with Crippen LogP contribution in [0.1, 0.15) is 30.4 Å². The standard InChI is InChI=1S/C18H18FN5O3/c1-11-9-15(22-26-11)20-18(25)24-8-2-3-13(10-24)17-21-16(23-27-17)12-4-6-14(19)7-5-12/h4-7,9,13H,2-3,8,10H2,1H3,(H,20,22,25). The molecule has 2 aromatic heterocycles. The van der Waals surface area contributed by atoms with Crippen molar-refractivity contribution in [2.75, 3.05) is 18.4 Å². The summed E-state index contributed by atoms with van der Waals surface area (Å²) in [6.45, 7) is 2.86. The molecule has 1 atom stereocenters. The summed E-state index contributed by atoms with van der Waals surface area (Å²) in [6, 6.07) is 7.32. The van der Waals surface area contributed by atoms with E-state index < -0.39 is 0 Å². The summed E-state index contributed by atoms with van der Waals surface area (Å²) in [5.74, 6) is 1.52. The molecule has 0 radical (unpaired) electrons. The van der Waals surface area contributed by atoms with E-state index in [1.807, 2.05) is 0 Å². The van der Waals surface area contributed by atoms with Gasteiger partial charge in [-0.1, -0.05) is 10.3 Å². The highest BCUT2D eigenvalue weighted by Crippen LogP contribution is 2.28. The maximum absolute atomic E-state index is 13.1. The van der Waals surface area contributed by atoms with Crippen molar-refractivity contribution in [1.29, 1.82) is 0 Å². The van der Waals surface area contributed by atoms with Crippen molar-refractivity contribution in [3.8, 4) is 11.4 Å². The molecular formula is C18H18FN5O3. The zero-order valence-electron chi connectivity index (χ0n) is 14.7. The van der Waals surface area contributed by atoms with Gasteiger partial charge in [0.05, 0.1) is 5.92 Å². The van der Waals surface area contributed by atoms with Crippen molar-refractivity contribution >= 4 is 11.8 Å². The number of halogens is 1. The Bertz CT molecular complexity index is 937. The molecule has 1 saturated heterocycles. The molecule has 0 aliphatic carbocycles. The molecule has 3 heterocycles. The normalized spacial score (nSPS) is 17.1. The van der Waals surface area contributed by atoms with E-state index in [9.17, 15) is 9.18 Å². The van der Waals surface area contributed by atoms with Gasteiger partial charge in [-0.05, 0) is 44.0 Å². The molecule has 2 amide bonds. The van der Waals surface area contributed by atoms with Gasteiger partial charge in [-0.2, -0.15) is 4.98 Å². The van der Waals surface area contributed by atoms with Crippen LogP contribution in [0.5, 0.6) is 0 Å². The summed E-state index contributed by atoms with van der Waals surface area (Å²) in [4.78, 5) is 18.6. The molecule has 1 aliphatic heterocycles. The molecule has 27 heavy (non-hydrogen) atoms. The van der Waals surface area contributed by atoms with Crippen LogP contribution in [-0.4, -0.2) is 39.3 Å². The number of aromatic nitrogens is 3. The first-order valence-corrected chi connectivity index (χ1v) is 8.67. The number of benzene rings is 1. The number of piperidine rings is 1. The molecule has 1 N–H and O–H groups in total. The second-order valence-electron chi connectivity index (χ2n) is 6.50. The lowest BCUT2D eigenvalue weighted by Crippen LogP contribution is -2.41. The Labute approximate surface area is 154 Å². The number of hydrogen-bond acceptors (Lipinski definition) is 6. The number of carbonyl (C=O) groups is 1. The predicted octanol–water partition coefficient (Wildman–Crippen LogP) is 3.58. The highest BCUT2D eigenvalue weighted by Gasteiger charge is 2.29. The number of carbonyl (C=O) groups excluding carboxylic acids is 1. The van der Waals surface area contributed by atoms with E-state index in [-0.39, 0.29) is 17.8 Å². The Morgan fingerprint density at radius 3 is 2.81 bits per heavy atom. The van der Waals surface area contributed by atoms with E-state index in [1.54, 1.807) is 30.0 Å². The average Bonchev–Trinajstić information content (AvgIpc) is 3.32. The van der Waals surface area contributed by atoms with Crippen LogP contribution >= 0.6 is 0 Å². The summed E-state index contributed by atoms with van der Waals surface area (Å²) in [6.07, 6.45) is 1.67. The van der Waals surface area contributed by atoms with E-state index in [0.717, 1.165) is 12.8 Å². The Balaban J connectivity index is 1.43. The van der Waals surface area contributed by atoms with Crippen molar-refractivity contribution in [3.05, 3.63) is 47.8 Å². The topological polar surface area (TPSA) is 97.3 Å². The van der Waals surface area contributed by atoms with Crippen LogP contribution in [0.3, 0.4) is 0 Å². The van der Waals surface area contributed by atoms with E-state index in [0.29, 0.717) is 41.9 Å². The second-order valence-corrected chi connectivity index (χ2v) is 6.50. The molecule has 0 bridgehead atoms. The van der Waals surface area contributed by atoms with Crippen LogP contribution in [0.4, 0.5) is 15.0 Å². The van der Waals surface area contributed by atoms with Crippen molar-refractivity contribution in [3.63, 3.8) is 0 Å². The quantitative estimate of drug-likeness (QED) is 0.756. The molecule has 0 spiro atoms. The van der Waals surface area contributed by atoms with Crippen molar-refractivity contribution in [2.45, 2.75) is 25.7 Å². The van der Waals surface area contributed by atoms with Gasteiger partial charge >= 0.3 is 6.03 Å². The van der Waals surface area contributed by atoms with Crippen LogP contribution < -0.4 is 5.32 Å². The number of nitrogens with one attached hydrogen (secondary N) is 1. The van der Waals surface area contributed by atoms with Crippen molar-refractivity contribution in [2.24, 2.45) is 0 Å². The Kier molecular flexibility index (Phi) is 4.57. The van der Waals surface area contributed by atoms with Gasteiger partial charge in [0.2, 0.25) is 11.7 Å². The van der Waals surface area contributed by atoms with Gasteiger partial charge in [-0.3, -0.25) is 5.32 Å². The first-order valence-electron chi connectivity index (χ1n) is 8.67. The summed E-state index contributed by atoms with van der Waals surface area (Å²) in [5, 5.41) is 10.5. The molecule has 1 aromatic carbocycles. The number of amides is 2. The number of hydrogen-bond donors (Lipinski definition) is 1. The number of urea groups is 1. The summed E-state index contributed by atoms with van der Waals surface area (Å²) in [7, 11) is 0. The third kappa shape index (κ3) is 3.81. The maximum atomic E-state index is 13.1. The van der Waals surface area contributed by atoms with Gasteiger partial charge in [0, 0.05) is 24.7 Å². The highest BCUT2D eigenvalue weighted by molar-refractivity contribution is 5.88. The average molecular weight is 371 g/mol. The molecule has 3 aromatic rings. The minimum Gasteiger partial charge on any atom is -0.360 e. The van der Waals surface area contributed by atoms with Crippen LogP contribution in [-0.2, 0) is 0 Å². The smallest absolute Gasteiger partial charge is 0.323 e. The van der Waals surface area contributed by atoms with E-state index in [4.69, 9.17) is 9.05 Å². The minimum atomic E-state index is -0.321. The molecule has 1 fully saturated rings. The number of anilines is 1. The van der Waals surface area contributed by atoms with Gasteiger partial charge in [0.25, 0.3) is 0 Å². The fraction of sp³-hybridized carbons (Fsp3) is 0.333. The summed E-state index contributed by atoms with van der Waals surface area (Å²) in [5.41, 5.74) is 0.679. The Morgan fingerprint density at radius 1 is 1.26 bits per heavy atom. The van der Waals surface area contributed by atoms with Gasteiger partial charge in [0.1, 0.15) is 11.6 Å². The van der Waals surface area contributed by atoms with Crippen LogP contribution in [0.15, 0.2) is 39.4 Å². The zero-order valence-corrected chi connectivity index (χ0v) is 14.7. The van der Waals surface area contributed by atoms with E-state index >= 15 is 0 Å². The molecule has 8 nitrogen and oxygen atoms in total. The second kappa shape index (κ2) is 7.18. The summed E-state index contributed by atoms with van der Waals surface area (Å²) >= 11 is 0. The third-order valence-electron chi connectivity index (χ3n) is 4.46. The van der Waals surface area contributed by atoms with Crippen molar-refractivity contribution in [1.82, 2.24) is 20.2 Å². The first-order chi connectivity index (χ1) is 13.1. The number of likely N-dealkylation sites (tertiary alicyclic amines) is 1. The van der Waals surface area contributed by atoms with Crippen LogP contribution in [0.25, 0.3) is 11.4 Å². The lowest BCUT2D eigenvalue weighted by atomic mass is 9.98. The van der Waals surface area contributed by atoms with Crippen LogP contribution in [0, 0.1) is 12.7 Å². The van der Waals surface area contributed by atoms with E-state index in [1.165, 1.54) is 12.1 Å². The number of aryl methyl sites for hydroxylation is 1. The molecule has 0 saturated carbocycles. The SMILES string of the molecule is Cc1cc(NC(=O)N2CCCC(c3nc(-c4ccc(F)cc4)no3)C2)no1. The van der Waals surface area contributed by atoms with Crippen LogP contribution in [0.2, 0.25) is 0 Å². The minimum absolute atomic E-state index is 0.0507. The monoisotopic (exact) mass is 371 g/mol. The first kappa shape index (κ1) is 17.2. The van der Waals surface area contributed by atoms with E-state index in [2.05, 4.69) is 20.6 Å². The number of nitrogens with zero attached hydrogens (tertiary/aromatic N) is 4. The molecule has 140 valence electrons. The predicted molar refractivity (Wildman–Crippen MR) is 93.5 cm³/mol. The molecule has 4 rings (SSSR count). The molecule has 1 aliphatic rings. The van der Waals surface area contributed by atoms with Gasteiger partial charge < -0.3 is 13.9 Å². The van der Waals surface area contributed by atoms with Gasteiger partial charge in [-0.15, -0.1) is 0 Å². The highest BCUT2D eigenvalue weighted by atomic mass is 19.1. The largest absolute Gasteiger partial charge is 0.360 e. The molecule has 1 unspecified atom stereocenters. The lowest BCUT2D eigenvalue weighted by Gasteiger charge is -2.30. The Hall–Kier alpha value is -3.23. The number of rotatable bonds is 3. The fourth-order valence-electron chi connectivity index (χ4n) is 3.09. The Morgan fingerprint density at radius 2 is 2.07 bits per heavy atom. The summed E-state index contributed by atoms with van der Waals surface area (Å²) < 4.78 is 23.4. The zero-order chi connectivity index (χ0) is 18.8.